The number of halogens is 1. The van der Waals surface area contributed by atoms with Crippen molar-refractivity contribution < 1.29 is 0 Å². The first-order chi connectivity index (χ1) is 2.89. The minimum atomic E-state index is 0. The van der Waals surface area contributed by atoms with E-state index in [0.29, 0.717) is 4.83 Å². The smallest absolute Gasteiger partial charge is 0.0514 e. The van der Waals surface area contributed by atoms with Crippen LogP contribution in [-0.2, 0) is 0 Å². The Bertz CT molecular complexity index is 74.1. The number of rotatable bonds is 0. The molecule has 0 fully saturated rings. The summed E-state index contributed by atoms with van der Waals surface area (Å²) in [6.45, 7) is 1.04. The van der Waals surface area contributed by atoms with Gasteiger partial charge in [-0.3, -0.25) is 0 Å². The molecule has 3 heteroatoms. The first-order valence-electron chi connectivity index (χ1n) is 1.94. The molecule has 0 saturated carbocycles. The Balaban J connectivity index is 0.000000360. The quantitative estimate of drug-likeness (QED) is 0.413. The SMILES string of the molecule is BrC1C=CNC1.[Na]. The molecule has 1 nitrogen and oxygen atoms in total. The molecule has 1 radical (unpaired) electrons. The van der Waals surface area contributed by atoms with E-state index in [2.05, 4.69) is 27.3 Å². The molecule has 1 aliphatic rings. The molecule has 1 heterocycles. The Morgan fingerprint density at radius 2 is 2.43 bits per heavy atom. The number of hydrogen-bond acceptors (Lipinski definition) is 1. The predicted molar refractivity (Wildman–Crippen MR) is 35.6 cm³/mol. The van der Waals surface area contributed by atoms with E-state index in [1.165, 1.54) is 0 Å². The van der Waals surface area contributed by atoms with Gasteiger partial charge in [0.2, 0.25) is 0 Å². The Labute approximate surface area is 74.0 Å². The Kier molecular flexibility index (Phi) is 4.53. The van der Waals surface area contributed by atoms with Crippen molar-refractivity contribution in [1.29, 1.82) is 0 Å². The van der Waals surface area contributed by atoms with Crippen LogP contribution in [-0.4, -0.2) is 40.9 Å². The largest absolute Gasteiger partial charge is 0.390 e. The molecule has 35 valence electrons. The molecule has 0 aromatic heterocycles. The van der Waals surface area contributed by atoms with Gasteiger partial charge in [0, 0.05) is 36.1 Å². The Hall–Kier alpha value is 1.02. The Morgan fingerprint density at radius 3 is 2.57 bits per heavy atom. The minimum absolute atomic E-state index is 0. The van der Waals surface area contributed by atoms with Crippen molar-refractivity contribution in [3.8, 4) is 0 Å². The second kappa shape index (κ2) is 3.96. The number of nitrogens with one attached hydrogen (secondary N) is 1. The molecule has 0 aromatic rings. The van der Waals surface area contributed by atoms with Crippen molar-refractivity contribution in [2.45, 2.75) is 4.83 Å². The standard InChI is InChI=1S/C4H6BrN.Na/c5-4-1-2-6-3-4;/h1-2,4,6H,3H2;. The van der Waals surface area contributed by atoms with Gasteiger partial charge in [0.05, 0.1) is 4.83 Å². The molecule has 0 saturated heterocycles. The van der Waals surface area contributed by atoms with Crippen LogP contribution in [0.4, 0.5) is 0 Å². The van der Waals surface area contributed by atoms with Gasteiger partial charge >= 0.3 is 0 Å². The molecular formula is C4H6BrNNa. The van der Waals surface area contributed by atoms with Gasteiger partial charge in [-0.25, -0.2) is 0 Å². The van der Waals surface area contributed by atoms with Gasteiger partial charge in [-0.05, 0) is 6.20 Å². The summed E-state index contributed by atoms with van der Waals surface area (Å²) in [6, 6.07) is 0. The molecular weight excluding hydrogens is 165 g/mol. The van der Waals surface area contributed by atoms with Gasteiger partial charge in [0.15, 0.2) is 0 Å². The summed E-state index contributed by atoms with van der Waals surface area (Å²) in [5, 5.41) is 3.04. The Morgan fingerprint density at radius 1 is 1.71 bits per heavy atom. The summed E-state index contributed by atoms with van der Waals surface area (Å²) in [5.41, 5.74) is 0. The summed E-state index contributed by atoms with van der Waals surface area (Å²) in [7, 11) is 0. The summed E-state index contributed by atoms with van der Waals surface area (Å²) >= 11 is 3.39. The zero-order valence-electron chi connectivity index (χ0n) is 4.32. The molecule has 1 aliphatic heterocycles. The average Bonchev–Trinajstić information content (AvgIpc) is 1.86. The predicted octanol–water partition coefficient (Wildman–Crippen LogP) is 0.486. The van der Waals surface area contributed by atoms with Crippen LogP contribution in [0.2, 0.25) is 0 Å². The van der Waals surface area contributed by atoms with Crippen molar-refractivity contribution in [2.75, 3.05) is 6.54 Å². The maximum Gasteiger partial charge on any atom is 0.0514 e. The van der Waals surface area contributed by atoms with Crippen molar-refractivity contribution in [2.24, 2.45) is 0 Å². The van der Waals surface area contributed by atoms with E-state index in [-0.39, 0.29) is 29.6 Å². The molecule has 0 bridgehead atoms. The monoisotopic (exact) mass is 170 g/mol. The van der Waals surface area contributed by atoms with E-state index in [1.807, 2.05) is 6.20 Å². The first kappa shape index (κ1) is 8.02. The fourth-order valence-electron chi connectivity index (χ4n) is 0.421. The molecule has 0 aromatic carbocycles. The number of alkyl halides is 1. The molecule has 7 heavy (non-hydrogen) atoms. The van der Waals surface area contributed by atoms with Crippen molar-refractivity contribution in [3.63, 3.8) is 0 Å². The van der Waals surface area contributed by atoms with Crippen LogP contribution in [0.15, 0.2) is 12.3 Å². The normalized spacial score (nSPS) is 26.1. The fraction of sp³-hybridized carbons (Fsp3) is 0.500. The van der Waals surface area contributed by atoms with E-state index in [0.717, 1.165) is 6.54 Å². The van der Waals surface area contributed by atoms with Crippen LogP contribution in [0.3, 0.4) is 0 Å². The van der Waals surface area contributed by atoms with Crippen LogP contribution in [0.1, 0.15) is 0 Å². The minimum Gasteiger partial charge on any atom is -0.390 e. The van der Waals surface area contributed by atoms with Crippen LogP contribution < -0.4 is 5.32 Å². The van der Waals surface area contributed by atoms with E-state index in [1.54, 1.807) is 0 Å². The van der Waals surface area contributed by atoms with Crippen LogP contribution in [0.25, 0.3) is 0 Å². The van der Waals surface area contributed by atoms with Gasteiger partial charge < -0.3 is 5.32 Å². The first-order valence-corrected chi connectivity index (χ1v) is 2.85. The third kappa shape index (κ3) is 2.75. The van der Waals surface area contributed by atoms with Crippen molar-refractivity contribution >= 4 is 45.5 Å². The average molecular weight is 171 g/mol. The van der Waals surface area contributed by atoms with Gasteiger partial charge in [-0.2, -0.15) is 0 Å². The van der Waals surface area contributed by atoms with Crippen LogP contribution >= 0.6 is 15.9 Å². The molecule has 1 unspecified atom stereocenters. The maximum absolute atomic E-state index is 3.39. The molecule has 0 amide bonds. The molecule has 1 rings (SSSR count). The fourth-order valence-corrected chi connectivity index (χ4v) is 0.761. The molecule has 1 N–H and O–H groups in total. The maximum atomic E-state index is 3.39. The third-order valence-electron chi connectivity index (χ3n) is 0.736. The van der Waals surface area contributed by atoms with Crippen molar-refractivity contribution in [3.05, 3.63) is 12.3 Å². The van der Waals surface area contributed by atoms with E-state index in [4.69, 9.17) is 0 Å². The zero-order valence-corrected chi connectivity index (χ0v) is 7.90. The molecule has 0 spiro atoms. The van der Waals surface area contributed by atoms with Gasteiger partial charge in [-0.15, -0.1) is 0 Å². The van der Waals surface area contributed by atoms with Crippen LogP contribution in [0, 0.1) is 0 Å². The second-order valence-corrected chi connectivity index (χ2v) is 2.46. The van der Waals surface area contributed by atoms with E-state index in [9.17, 15) is 0 Å². The molecule has 0 aliphatic carbocycles. The molecule has 1 atom stereocenters. The second-order valence-electron chi connectivity index (χ2n) is 1.28. The van der Waals surface area contributed by atoms with Gasteiger partial charge in [0.1, 0.15) is 0 Å². The van der Waals surface area contributed by atoms with Crippen LogP contribution in [0.5, 0.6) is 0 Å². The summed E-state index contributed by atoms with van der Waals surface area (Å²) < 4.78 is 0. The summed E-state index contributed by atoms with van der Waals surface area (Å²) in [6.07, 6.45) is 4.04. The summed E-state index contributed by atoms with van der Waals surface area (Å²) in [5.74, 6) is 0. The van der Waals surface area contributed by atoms with E-state index >= 15 is 0 Å². The third-order valence-corrected chi connectivity index (χ3v) is 1.36. The van der Waals surface area contributed by atoms with Gasteiger partial charge in [-0.1, -0.05) is 22.0 Å². The van der Waals surface area contributed by atoms with Crippen molar-refractivity contribution in [1.82, 2.24) is 5.32 Å². The topological polar surface area (TPSA) is 12.0 Å². The van der Waals surface area contributed by atoms with E-state index < -0.39 is 0 Å². The summed E-state index contributed by atoms with van der Waals surface area (Å²) in [4.78, 5) is 0.567. The van der Waals surface area contributed by atoms with Gasteiger partial charge in [0.25, 0.3) is 0 Å². The number of hydrogen-bond donors (Lipinski definition) is 1. The zero-order chi connectivity index (χ0) is 4.41.